The molecule has 1 atom stereocenters. The Labute approximate surface area is 142 Å². The number of aryl methyl sites for hydroxylation is 1. The molecule has 0 aliphatic heterocycles. The second kappa shape index (κ2) is 10.1. The standard InChI is InChI=1S/C18H27FN2O3/c1-4-16(21-11-24-5-2)17(18(20)23)14(8-9-22)13-7-6-12(3)10-15(13)19/h6-7,10,14,21-22H,4-5,8-9,11H2,1-3H3,(H2,20,23)/b17-16+. The molecule has 0 heterocycles. The molecule has 4 N–H and O–H groups in total. The van der Waals surface area contributed by atoms with Crippen molar-refractivity contribution in [3.8, 4) is 0 Å². The van der Waals surface area contributed by atoms with Crippen LogP contribution in [0.3, 0.4) is 0 Å². The lowest BCUT2D eigenvalue weighted by Gasteiger charge is -2.23. The molecule has 0 saturated carbocycles. The molecule has 0 aliphatic rings. The Morgan fingerprint density at radius 2 is 2.12 bits per heavy atom. The number of hydrogen-bond acceptors (Lipinski definition) is 4. The number of ether oxygens (including phenoxy) is 1. The number of carbonyl (C=O) groups excluding carboxylic acids is 1. The first-order chi connectivity index (χ1) is 11.5. The van der Waals surface area contributed by atoms with Gasteiger partial charge in [-0.25, -0.2) is 4.39 Å². The van der Waals surface area contributed by atoms with Crippen LogP contribution in [0, 0.1) is 12.7 Å². The SMILES string of the molecule is CCOCN/C(CC)=C(/C(N)=O)C(CCO)c1ccc(C)cc1F. The first-order valence-corrected chi connectivity index (χ1v) is 8.17. The van der Waals surface area contributed by atoms with E-state index in [1.54, 1.807) is 19.1 Å². The maximum Gasteiger partial charge on any atom is 0.246 e. The van der Waals surface area contributed by atoms with E-state index in [1.165, 1.54) is 6.07 Å². The van der Waals surface area contributed by atoms with E-state index in [1.807, 2.05) is 13.8 Å². The van der Waals surface area contributed by atoms with Crippen LogP contribution in [0.15, 0.2) is 29.5 Å². The third-order valence-corrected chi connectivity index (χ3v) is 3.83. The monoisotopic (exact) mass is 338 g/mol. The molecule has 0 radical (unpaired) electrons. The normalized spacial score (nSPS) is 13.4. The quantitative estimate of drug-likeness (QED) is 0.347. The minimum Gasteiger partial charge on any atom is -0.396 e. The van der Waals surface area contributed by atoms with Crippen LogP contribution in [0.2, 0.25) is 0 Å². The zero-order valence-corrected chi connectivity index (χ0v) is 14.6. The van der Waals surface area contributed by atoms with E-state index in [4.69, 9.17) is 10.5 Å². The van der Waals surface area contributed by atoms with Gasteiger partial charge in [-0.15, -0.1) is 0 Å². The smallest absolute Gasteiger partial charge is 0.246 e. The summed E-state index contributed by atoms with van der Waals surface area (Å²) in [5, 5.41) is 12.4. The summed E-state index contributed by atoms with van der Waals surface area (Å²) in [6.07, 6.45) is 0.721. The molecule has 1 rings (SSSR count). The van der Waals surface area contributed by atoms with Crippen LogP contribution >= 0.6 is 0 Å². The minimum atomic E-state index is -0.630. The number of aliphatic hydroxyl groups excluding tert-OH is 1. The Kier molecular flexibility index (Phi) is 8.43. The van der Waals surface area contributed by atoms with Gasteiger partial charge in [-0.3, -0.25) is 4.79 Å². The summed E-state index contributed by atoms with van der Waals surface area (Å²) in [4.78, 5) is 12.1. The maximum atomic E-state index is 14.4. The molecule has 134 valence electrons. The summed E-state index contributed by atoms with van der Waals surface area (Å²) in [5.74, 6) is -1.65. The number of allylic oxidation sites excluding steroid dienone is 1. The van der Waals surface area contributed by atoms with Crippen LogP contribution in [0.4, 0.5) is 4.39 Å². The van der Waals surface area contributed by atoms with Crippen molar-refractivity contribution < 1.29 is 19.0 Å². The first kappa shape index (κ1) is 20.1. The van der Waals surface area contributed by atoms with E-state index in [0.29, 0.717) is 24.3 Å². The van der Waals surface area contributed by atoms with Crippen LogP contribution < -0.4 is 11.1 Å². The van der Waals surface area contributed by atoms with E-state index in [0.717, 1.165) is 5.56 Å². The molecule has 0 aromatic heterocycles. The molecule has 24 heavy (non-hydrogen) atoms. The number of amides is 1. The van der Waals surface area contributed by atoms with Gasteiger partial charge in [0, 0.05) is 30.4 Å². The van der Waals surface area contributed by atoms with Gasteiger partial charge in [-0.2, -0.15) is 0 Å². The van der Waals surface area contributed by atoms with Crippen molar-refractivity contribution >= 4 is 5.91 Å². The number of hydrogen-bond donors (Lipinski definition) is 3. The van der Waals surface area contributed by atoms with Gasteiger partial charge >= 0.3 is 0 Å². The molecular formula is C18H27FN2O3. The molecule has 1 unspecified atom stereocenters. The summed E-state index contributed by atoms with van der Waals surface area (Å²) in [6.45, 7) is 6.11. The predicted octanol–water partition coefficient (Wildman–Crippen LogP) is 2.33. The number of carbonyl (C=O) groups is 1. The van der Waals surface area contributed by atoms with Crippen molar-refractivity contribution in [3.63, 3.8) is 0 Å². The lowest BCUT2D eigenvalue weighted by atomic mass is 9.85. The van der Waals surface area contributed by atoms with Crippen LogP contribution in [-0.4, -0.2) is 31.0 Å². The lowest BCUT2D eigenvalue weighted by Crippen LogP contribution is -2.28. The van der Waals surface area contributed by atoms with E-state index >= 15 is 0 Å². The van der Waals surface area contributed by atoms with Crippen molar-refractivity contribution in [1.29, 1.82) is 0 Å². The molecule has 1 aromatic carbocycles. The number of primary amides is 1. The van der Waals surface area contributed by atoms with Gasteiger partial charge in [-0.05, 0) is 43.9 Å². The van der Waals surface area contributed by atoms with Gasteiger partial charge < -0.3 is 20.9 Å². The lowest BCUT2D eigenvalue weighted by molar-refractivity contribution is -0.115. The van der Waals surface area contributed by atoms with E-state index in [-0.39, 0.29) is 25.3 Å². The summed E-state index contributed by atoms with van der Waals surface area (Å²) in [5.41, 5.74) is 7.62. The summed E-state index contributed by atoms with van der Waals surface area (Å²) in [6, 6.07) is 4.84. The number of rotatable bonds is 10. The van der Waals surface area contributed by atoms with Gasteiger partial charge in [0.15, 0.2) is 0 Å². The highest BCUT2D eigenvalue weighted by atomic mass is 19.1. The van der Waals surface area contributed by atoms with Crippen LogP contribution in [0.1, 0.15) is 43.7 Å². The summed E-state index contributed by atoms with van der Waals surface area (Å²) >= 11 is 0. The topological polar surface area (TPSA) is 84.6 Å². The van der Waals surface area contributed by atoms with Gasteiger partial charge in [0.2, 0.25) is 5.91 Å². The number of nitrogens with two attached hydrogens (primary N) is 1. The molecule has 0 fully saturated rings. The average Bonchev–Trinajstić information content (AvgIpc) is 2.53. The van der Waals surface area contributed by atoms with Crippen LogP contribution in [-0.2, 0) is 9.53 Å². The molecule has 0 spiro atoms. The molecule has 5 nitrogen and oxygen atoms in total. The highest BCUT2D eigenvalue weighted by Crippen LogP contribution is 2.32. The van der Waals surface area contributed by atoms with Crippen molar-refractivity contribution in [2.24, 2.45) is 5.73 Å². The number of benzene rings is 1. The Balaban J connectivity index is 3.35. The van der Waals surface area contributed by atoms with E-state index in [9.17, 15) is 14.3 Å². The molecule has 1 aromatic rings. The molecule has 6 heteroatoms. The average molecular weight is 338 g/mol. The van der Waals surface area contributed by atoms with Crippen molar-refractivity contribution in [1.82, 2.24) is 5.32 Å². The fourth-order valence-electron chi connectivity index (χ4n) is 2.68. The third-order valence-electron chi connectivity index (χ3n) is 3.83. The third kappa shape index (κ3) is 5.32. The predicted molar refractivity (Wildman–Crippen MR) is 91.7 cm³/mol. The Hall–Kier alpha value is -1.92. The zero-order valence-electron chi connectivity index (χ0n) is 14.6. The van der Waals surface area contributed by atoms with E-state index < -0.39 is 17.6 Å². The highest BCUT2D eigenvalue weighted by molar-refractivity contribution is 5.94. The van der Waals surface area contributed by atoms with Crippen LogP contribution in [0.25, 0.3) is 0 Å². The molecule has 0 saturated heterocycles. The molecular weight excluding hydrogens is 311 g/mol. The fraction of sp³-hybridized carbons (Fsp3) is 0.500. The summed E-state index contributed by atoms with van der Waals surface area (Å²) < 4.78 is 19.7. The number of halogens is 1. The van der Waals surface area contributed by atoms with Gasteiger partial charge in [0.1, 0.15) is 12.5 Å². The molecule has 0 aliphatic carbocycles. The maximum absolute atomic E-state index is 14.4. The second-order valence-electron chi connectivity index (χ2n) is 5.51. The zero-order chi connectivity index (χ0) is 18.1. The number of aliphatic hydroxyl groups is 1. The van der Waals surface area contributed by atoms with E-state index in [2.05, 4.69) is 5.32 Å². The first-order valence-electron chi connectivity index (χ1n) is 8.17. The van der Waals surface area contributed by atoms with Gasteiger partial charge in [0.25, 0.3) is 0 Å². The van der Waals surface area contributed by atoms with Crippen LogP contribution in [0.5, 0.6) is 0 Å². The molecule has 1 amide bonds. The minimum absolute atomic E-state index is 0.183. The summed E-state index contributed by atoms with van der Waals surface area (Å²) in [7, 11) is 0. The largest absolute Gasteiger partial charge is 0.396 e. The second-order valence-corrected chi connectivity index (χ2v) is 5.51. The van der Waals surface area contributed by atoms with Crippen molar-refractivity contribution in [2.45, 2.75) is 39.5 Å². The highest BCUT2D eigenvalue weighted by Gasteiger charge is 2.26. The Bertz CT molecular complexity index is 588. The van der Waals surface area contributed by atoms with Crippen molar-refractivity contribution in [3.05, 3.63) is 46.4 Å². The van der Waals surface area contributed by atoms with Gasteiger partial charge in [0.05, 0.1) is 0 Å². The Morgan fingerprint density at radius 3 is 2.62 bits per heavy atom. The number of nitrogens with one attached hydrogen (secondary N) is 1. The van der Waals surface area contributed by atoms with Gasteiger partial charge in [-0.1, -0.05) is 19.1 Å². The molecule has 0 bridgehead atoms. The fourth-order valence-corrected chi connectivity index (χ4v) is 2.68. The van der Waals surface area contributed by atoms with Crippen molar-refractivity contribution in [2.75, 3.05) is 19.9 Å². The Morgan fingerprint density at radius 1 is 1.42 bits per heavy atom.